The lowest BCUT2D eigenvalue weighted by molar-refractivity contribution is -0.159. The third-order valence-electron chi connectivity index (χ3n) is 3.11. The Labute approximate surface area is 133 Å². The quantitative estimate of drug-likeness (QED) is 0.659. The largest absolute Gasteiger partial charge is 0.486 e. The van der Waals surface area contributed by atoms with Gasteiger partial charge in [-0.05, 0) is 17.7 Å². The van der Waals surface area contributed by atoms with Crippen molar-refractivity contribution in [2.45, 2.75) is 12.8 Å². The highest BCUT2D eigenvalue weighted by Crippen LogP contribution is 2.32. The summed E-state index contributed by atoms with van der Waals surface area (Å²) in [7, 11) is 0. The average molecular weight is 338 g/mol. The molecule has 0 aliphatic heterocycles. The van der Waals surface area contributed by atoms with Crippen LogP contribution >= 0.6 is 0 Å². The van der Waals surface area contributed by atoms with Gasteiger partial charge in [0.05, 0.1) is 5.56 Å². The molecule has 0 saturated carbocycles. The first-order valence-electron chi connectivity index (χ1n) is 6.81. The monoisotopic (exact) mass is 338 g/mol. The van der Waals surface area contributed by atoms with Gasteiger partial charge >= 0.3 is 12.1 Å². The van der Waals surface area contributed by atoms with Gasteiger partial charge in [0.2, 0.25) is 5.82 Å². The number of halogens is 4. The van der Waals surface area contributed by atoms with E-state index in [1.165, 1.54) is 18.2 Å². The van der Waals surface area contributed by atoms with Crippen molar-refractivity contribution in [3.05, 3.63) is 65.8 Å². The molecular weight excluding hydrogens is 328 g/mol. The third-order valence-corrected chi connectivity index (χ3v) is 3.11. The van der Waals surface area contributed by atoms with Crippen LogP contribution in [0.15, 0.2) is 53.1 Å². The Hall–Kier alpha value is -2.90. The summed E-state index contributed by atoms with van der Waals surface area (Å²) in [6.45, 7) is 0.112. The first kappa shape index (κ1) is 16.0. The van der Waals surface area contributed by atoms with E-state index in [9.17, 15) is 17.6 Å². The Morgan fingerprint density at radius 1 is 1.00 bits per heavy atom. The Balaban J connectivity index is 1.84. The second-order valence-electron chi connectivity index (χ2n) is 4.81. The summed E-state index contributed by atoms with van der Waals surface area (Å²) in [5, 5.41) is 3.17. The minimum absolute atomic E-state index is 0.112. The fourth-order valence-electron chi connectivity index (χ4n) is 1.98. The molecule has 8 heteroatoms. The van der Waals surface area contributed by atoms with E-state index in [1.54, 1.807) is 12.1 Å². The number of aromatic nitrogens is 2. The maximum atomic E-state index is 14.4. The van der Waals surface area contributed by atoms with E-state index in [2.05, 4.69) is 14.7 Å². The van der Waals surface area contributed by atoms with E-state index in [-0.39, 0.29) is 17.9 Å². The molecule has 0 bridgehead atoms. The van der Waals surface area contributed by atoms with Gasteiger partial charge in [-0.25, -0.2) is 4.39 Å². The maximum absolute atomic E-state index is 14.4. The van der Waals surface area contributed by atoms with Gasteiger partial charge in [0, 0.05) is 0 Å². The zero-order valence-corrected chi connectivity index (χ0v) is 12.0. The predicted molar refractivity (Wildman–Crippen MR) is 75.5 cm³/mol. The van der Waals surface area contributed by atoms with Crippen molar-refractivity contribution in [2.75, 3.05) is 0 Å². The maximum Gasteiger partial charge on any atom is 0.471 e. The predicted octanol–water partition coefficient (Wildman–Crippen LogP) is 4.47. The van der Waals surface area contributed by atoms with Crippen molar-refractivity contribution in [2.24, 2.45) is 0 Å². The summed E-state index contributed by atoms with van der Waals surface area (Å²) in [4.78, 5) is 3.17. The topological polar surface area (TPSA) is 48.2 Å². The van der Waals surface area contributed by atoms with Gasteiger partial charge in [-0.3, -0.25) is 0 Å². The Kier molecular flexibility index (Phi) is 4.20. The van der Waals surface area contributed by atoms with Crippen LogP contribution in [0.5, 0.6) is 5.75 Å². The van der Waals surface area contributed by atoms with Gasteiger partial charge in [0.25, 0.3) is 0 Å². The second kappa shape index (κ2) is 6.31. The molecule has 0 amide bonds. The molecule has 4 nitrogen and oxygen atoms in total. The number of ether oxygens (including phenoxy) is 1. The fraction of sp³-hybridized carbons (Fsp3) is 0.125. The summed E-state index contributed by atoms with van der Waals surface area (Å²) in [6, 6.07) is 13.1. The number of rotatable bonds is 4. The lowest BCUT2D eigenvalue weighted by atomic mass is 10.2. The van der Waals surface area contributed by atoms with Crippen LogP contribution in [0.1, 0.15) is 11.5 Å². The zero-order chi connectivity index (χ0) is 17.2. The highest BCUT2D eigenvalue weighted by molar-refractivity contribution is 5.58. The van der Waals surface area contributed by atoms with Crippen LogP contribution in [0.25, 0.3) is 11.4 Å². The molecular formula is C16H10F4N2O2. The minimum atomic E-state index is -4.79. The molecule has 2 aromatic carbocycles. The van der Waals surface area contributed by atoms with Crippen LogP contribution in [0.4, 0.5) is 17.6 Å². The molecule has 24 heavy (non-hydrogen) atoms. The van der Waals surface area contributed by atoms with E-state index >= 15 is 0 Å². The molecule has 124 valence electrons. The molecule has 0 atom stereocenters. The molecule has 0 unspecified atom stereocenters. The Morgan fingerprint density at radius 3 is 2.42 bits per heavy atom. The molecule has 0 N–H and O–H groups in total. The van der Waals surface area contributed by atoms with Crippen LogP contribution in [0.2, 0.25) is 0 Å². The fourth-order valence-corrected chi connectivity index (χ4v) is 1.98. The van der Waals surface area contributed by atoms with Crippen molar-refractivity contribution < 1.29 is 26.8 Å². The van der Waals surface area contributed by atoms with Crippen LogP contribution in [0.3, 0.4) is 0 Å². The number of hydrogen-bond donors (Lipinski definition) is 0. The lowest BCUT2D eigenvalue weighted by Gasteiger charge is -2.08. The van der Waals surface area contributed by atoms with E-state index in [4.69, 9.17) is 4.74 Å². The van der Waals surface area contributed by atoms with Gasteiger partial charge in [0.15, 0.2) is 11.6 Å². The summed E-state index contributed by atoms with van der Waals surface area (Å²) >= 11 is 0. The number of benzene rings is 2. The van der Waals surface area contributed by atoms with E-state index < -0.39 is 23.7 Å². The van der Waals surface area contributed by atoms with Gasteiger partial charge in [0.1, 0.15) is 6.61 Å². The van der Waals surface area contributed by atoms with Crippen LogP contribution in [-0.2, 0) is 12.8 Å². The summed E-state index contributed by atoms with van der Waals surface area (Å²) in [6.07, 6.45) is -4.79. The lowest BCUT2D eigenvalue weighted by Crippen LogP contribution is -2.05. The van der Waals surface area contributed by atoms with Gasteiger partial charge < -0.3 is 9.26 Å². The van der Waals surface area contributed by atoms with Gasteiger partial charge in [-0.15, -0.1) is 0 Å². The van der Waals surface area contributed by atoms with Crippen molar-refractivity contribution >= 4 is 0 Å². The standard InChI is InChI=1S/C16H10F4N2O2/c17-13-11(14-21-15(24-22-14)16(18,19)20)7-4-8-12(13)23-9-10-5-2-1-3-6-10/h1-8H,9H2. The van der Waals surface area contributed by atoms with E-state index in [0.717, 1.165) is 5.56 Å². The van der Waals surface area contributed by atoms with Crippen LogP contribution < -0.4 is 4.74 Å². The first-order chi connectivity index (χ1) is 11.4. The Morgan fingerprint density at radius 2 is 1.75 bits per heavy atom. The molecule has 0 radical (unpaired) electrons. The molecule has 0 saturated heterocycles. The minimum Gasteiger partial charge on any atom is -0.486 e. The highest BCUT2D eigenvalue weighted by Gasteiger charge is 2.38. The average Bonchev–Trinajstić information content (AvgIpc) is 3.05. The molecule has 0 spiro atoms. The number of hydrogen-bond acceptors (Lipinski definition) is 4. The molecule has 3 aromatic rings. The summed E-state index contributed by atoms with van der Waals surface area (Å²) < 4.78 is 61.4. The van der Waals surface area contributed by atoms with Gasteiger partial charge in [-0.2, -0.15) is 18.2 Å². The normalized spacial score (nSPS) is 11.5. The smallest absolute Gasteiger partial charge is 0.471 e. The van der Waals surface area contributed by atoms with Crippen LogP contribution in [0, 0.1) is 5.82 Å². The van der Waals surface area contributed by atoms with E-state index in [1.807, 2.05) is 18.2 Å². The summed E-state index contributed by atoms with van der Waals surface area (Å²) in [5.41, 5.74) is 0.584. The van der Waals surface area contributed by atoms with Crippen LogP contribution in [-0.4, -0.2) is 10.1 Å². The Bertz CT molecular complexity index is 832. The first-order valence-corrected chi connectivity index (χ1v) is 6.81. The molecule has 0 aliphatic carbocycles. The highest BCUT2D eigenvalue weighted by atomic mass is 19.4. The van der Waals surface area contributed by atoms with Crippen molar-refractivity contribution in [3.63, 3.8) is 0 Å². The number of nitrogens with zero attached hydrogens (tertiary/aromatic N) is 2. The molecule has 1 heterocycles. The van der Waals surface area contributed by atoms with E-state index in [0.29, 0.717) is 0 Å². The number of alkyl halides is 3. The molecule has 0 aliphatic rings. The van der Waals surface area contributed by atoms with Crippen molar-refractivity contribution in [3.8, 4) is 17.1 Å². The molecule has 1 aromatic heterocycles. The zero-order valence-electron chi connectivity index (χ0n) is 12.0. The van der Waals surface area contributed by atoms with Crippen molar-refractivity contribution in [1.82, 2.24) is 10.1 Å². The second-order valence-corrected chi connectivity index (χ2v) is 4.81. The SMILES string of the molecule is Fc1c(OCc2ccccc2)cccc1-c1noc(C(F)(F)F)n1. The van der Waals surface area contributed by atoms with Crippen molar-refractivity contribution in [1.29, 1.82) is 0 Å². The summed E-state index contributed by atoms with van der Waals surface area (Å²) in [5.74, 6) is -3.00. The molecule has 0 fully saturated rings. The van der Waals surface area contributed by atoms with Gasteiger partial charge in [-0.1, -0.05) is 41.6 Å². The molecule has 3 rings (SSSR count). The third kappa shape index (κ3) is 3.37.